The van der Waals surface area contributed by atoms with Gasteiger partial charge < -0.3 is 30.1 Å². The van der Waals surface area contributed by atoms with Gasteiger partial charge in [-0.25, -0.2) is 4.79 Å². The van der Waals surface area contributed by atoms with Gasteiger partial charge in [0.1, 0.15) is 23.1 Å². The van der Waals surface area contributed by atoms with Crippen molar-refractivity contribution in [2.24, 2.45) is 0 Å². The summed E-state index contributed by atoms with van der Waals surface area (Å²) < 4.78 is 11.2. The van der Waals surface area contributed by atoms with Crippen molar-refractivity contribution in [1.82, 2.24) is 15.5 Å². The number of phenolic OH excluding ortho intramolecular Hbond substituents is 1. The van der Waals surface area contributed by atoms with Crippen molar-refractivity contribution in [2.45, 2.75) is 81.9 Å². The third-order valence-electron chi connectivity index (χ3n) is 10.4. The summed E-state index contributed by atoms with van der Waals surface area (Å²) in [5, 5.41) is 16.1. The number of methoxy groups -OCH3 is 1. The standard InChI is InChI=1S/C44H49N3O7.2H2S/c1-43(2,3)54-41(51)37(28-29-18-20-32(48)21-19-29)46-42(52)44(30-12-6-5-7-13-30)25-22-34(33-14-8-10-16-36(33)44)40(50)47-26-23-31(24-27-47)45-39(49)35-15-9-11-17-38(35)53-4;;/h5-21,31,34,37,48H,22-28H2,1-4H3,(H,45,49)(H,46,52);2*1H2/t34-,37-,44+;;/m0../s1. The Labute approximate surface area is 343 Å². The predicted octanol–water partition coefficient (Wildman–Crippen LogP) is 6.28. The first-order chi connectivity index (χ1) is 25.9. The first kappa shape index (κ1) is 43.8. The number of amides is 3. The lowest BCUT2D eigenvalue weighted by atomic mass is 9.62. The number of nitrogens with zero attached hydrogens (tertiary/aromatic N) is 1. The Morgan fingerprint density at radius 2 is 1.46 bits per heavy atom. The number of carbonyl (C=O) groups excluding carboxylic acids is 4. The first-order valence-electron chi connectivity index (χ1n) is 18.6. The van der Waals surface area contributed by atoms with Gasteiger partial charge in [0.15, 0.2) is 0 Å². The summed E-state index contributed by atoms with van der Waals surface area (Å²) in [6.07, 6.45) is 2.14. The molecule has 3 atom stereocenters. The highest BCUT2D eigenvalue weighted by Crippen LogP contribution is 2.48. The Balaban J connectivity index is 0.00000348. The van der Waals surface area contributed by atoms with E-state index in [4.69, 9.17) is 9.47 Å². The number of piperidine rings is 1. The molecule has 56 heavy (non-hydrogen) atoms. The van der Waals surface area contributed by atoms with Gasteiger partial charge in [-0.1, -0.05) is 78.9 Å². The number of fused-ring (bicyclic) bond motifs is 1. The maximum Gasteiger partial charge on any atom is 0.329 e. The number of hydrogen-bond acceptors (Lipinski definition) is 7. The fourth-order valence-corrected chi connectivity index (χ4v) is 7.76. The largest absolute Gasteiger partial charge is 0.508 e. The van der Waals surface area contributed by atoms with E-state index < -0.39 is 28.9 Å². The molecule has 1 fully saturated rings. The number of aromatic hydroxyl groups is 1. The average molecular weight is 800 g/mol. The fraction of sp³-hybridized carbons (Fsp3) is 0.364. The van der Waals surface area contributed by atoms with Gasteiger partial charge in [-0.05, 0) is 93.0 Å². The van der Waals surface area contributed by atoms with Crippen LogP contribution in [0, 0.1) is 0 Å². The number of hydrogen-bond donors (Lipinski definition) is 3. The van der Waals surface area contributed by atoms with Crippen molar-refractivity contribution in [2.75, 3.05) is 20.2 Å². The van der Waals surface area contributed by atoms with Crippen LogP contribution >= 0.6 is 27.0 Å². The smallest absolute Gasteiger partial charge is 0.329 e. The summed E-state index contributed by atoms with van der Waals surface area (Å²) in [5.74, 6) is -0.979. The fourth-order valence-electron chi connectivity index (χ4n) is 7.76. The van der Waals surface area contributed by atoms with Gasteiger partial charge in [-0.15, -0.1) is 0 Å². The summed E-state index contributed by atoms with van der Waals surface area (Å²) in [5.41, 5.74) is 1.51. The molecule has 1 heterocycles. The van der Waals surface area contributed by atoms with Crippen LogP contribution in [0.1, 0.15) is 85.0 Å². The minimum atomic E-state index is -1.19. The molecule has 0 aromatic heterocycles. The van der Waals surface area contributed by atoms with Crippen molar-refractivity contribution in [3.8, 4) is 11.5 Å². The minimum absolute atomic E-state index is 0. The van der Waals surface area contributed by atoms with E-state index in [-0.39, 0.29) is 62.9 Å². The van der Waals surface area contributed by atoms with E-state index in [0.717, 1.165) is 22.3 Å². The topological polar surface area (TPSA) is 134 Å². The lowest BCUT2D eigenvalue weighted by Crippen LogP contribution is -2.55. The Hall–Kier alpha value is -4.94. The van der Waals surface area contributed by atoms with E-state index >= 15 is 0 Å². The van der Waals surface area contributed by atoms with Crippen LogP contribution in [0.3, 0.4) is 0 Å². The Morgan fingerprint density at radius 3 is 2.12 bits per heavy atom. The number of nitrogens with one attached hydrogen (secondary N) is 2. The normalized spacial score (nSPS) is 18.5. The molecule has 3 N–H and O–H groups in total. The molecule has 3 amide bonds. The molecular formula is C44H53N3O7S2. The number of phenols is 1. The van der Waals surface area contributed by atoms with Crippen LogP contribution in [0.5, 0.6) is 11.5 Å². The molecule has 0 radical (unpaired) electrons. The molecule has 0 unspecified atom stereocenters. The van der Waals surface area contributed by atoms with Gasteiger partial charge in [-0.2, -0.15) is 27.0 Å². The molecule has 1 aliphatic carbocycles. The number of esters is 1. The van der Waals surface area contributed by atoms with E-state index in [1.165, 1.54) is 7.11 Å². The number of rotatable bonds is 10. The third-order valence-corrected chi connectivity index (χ3v) is 10.4. The molecule has 0 bridgehead atoms. The molecule has 1 aliphatic heterocycles. The van der Waals surface area contributed by atoms with Crippen molar-refractivity contribution in [3.63, 3.8) is 0 Å². The molecule has 298 valence electrons. The number of ether oxygens (including phenoxy) is 2. The Morgan fingerprint density at radius 1 is 0.839 bits per heavy atom. The van der Waals surface area contributed by atoms with Crippen molar-refractivity contribution in [3.05, 3.63) is 131 Å². The average Bonchev–Trinajstić information content (AvgIpc) is 3.17. The maximum absolute atomic E-state index is 15.0. The third kappa shape index (κ3) is 9.70. The van der Waals surface area contributed by atoms with Crippen LogP contribution in [-0.4, -0.2) is 71.6 Å². The Kier molecular flexibility index (Phi) is 14.7. The second kappa shape index (κ2) is 18.8. The summed E-state index contributed by atoms with van der Waals surface area (Å²) in [4.78, 5) is 57.9. The maximum atomic E-state index is 15.0. The lowest BCUT2D eigenvalue weighted by molar-refractivity contribution is -0.159. The van der Waals surface area contributed by atoms with Crippen LogP contribution < -0.4 is 15.4 Å². The van der Waals surface area contributed by atoms with E-state index in [0.29, 0.717) is 50.1 Å². The van der Waals surface area contributed by atoms with Crippen LogP contribution in [0.4, 0.5) is 0 Å². The van der Waals surface area contributed by atoms with Gasteiger partial charge in [0.2, 0.25) is 11.8 Å². The summed E-state index contributed by atoms with van der Waals surface area (Å²) >= 11 is 0. The second-order valence-electron chi connectivity index (χ2n) is 15.2. The highest BCUT2D eigenvalue weighted by Gasteiger charge is 2.50. The molecule has 6 rings (SSSR count). The van der Waals surface area contributed by atoms with Crippen LogP contribution in [0.25, 0.3) is 0 Å². The first-order valence-corrected chi connectivity index (χ1v) is 18.6. The number of carbonyl (C=O) groups is 4. The van der Waals surface area contributed by atoms with Crippen LogP contribution in [-0.2, 0) is 31.0 Å². The number of benzene rings is 4. The molecule has 2 aliphatic rings. The van der Waals surface area contributed by atoms with Crippen LogP contribution in [0.2, 0.25) is 0 Å². The number of likely N-dealkylation sites (tertiary alicyclic amines) is 1. The molecule has 4 aromatic carbocycles. The summed E-state index contributed by atoms with van der Waals surface area (Å²) in [7, 11) is 1.54. The zero-order chi connectivity index (χ0) is 38.5. The molecule has 0 spiro atoms. The van der Waals surface area contributed by atoms with Gasteiger partial charge in [0.05, 0.1) is 24.0 Å². The molecule has 1 saturated heterocycles. The monoisotopic (exact) mass is 799 g/mol. The predicted molar refractivity (Wildman–Crippen MR) is 226 cm³/mol. The molecule has 12 heteroatoms. The number of para-hydroxylation sites is 1. The van der Waals surface area contributed by atoms with E-state index in [2.05, 4.69) is 10.6 Å². The zero-order valence-electron chi connectivity index (χ0n) is 32.3. The van der Waals surface area contributed by atoms with Gasteiger partial charge in [0, 0.05) is 25.6 Å². The second-order valence-corrected chi connectivity index (χ2v) is 15.2. The van der Waals surface area contributed by atoms with Crippen molar-refractivity contribution in [1.29, 1.82) is 0 Å². The highest BCUT2D eigenvalue weighted by molar-refractivity contribution is 7.59. The SMILES string of the molecule is COc1ccccc1C(=O)NC1CCN(C(=O)[C@H]2CC[C@@](C(=O)N[C@@H](Cc3ccc(O)cc3)C(=O)OC(C)(C)C)(c3ccccc3)c3ccccc32)CC1.S.S. The van der Waals surface area contributed by atoms with Crippen molar-refractivity contribution >= 4 is 50.7 Å². The summed E-state index contributed by atoms with van der Waals surface area (Å²) in [6.45, 7) is 6.34. The molecule has 4 aromatic rings. The van der Waals surface area contributed by atoms with E-state index in [1.54, 1.807) is 63.2 Å². The van der Waals surface area contributed by atoms with Crippen LogP contribution in [0.15, 0.2) is 103 Å². The van der Waals surface area contributed by atoms with E-state index in [9.17, 15) is 24.3 Å². The van der Waals surface area contributed by atoms with E-state index in [1.807, 2.05) is 65.6 Å². The molecular weight excluding hydrogens is 747 g/mol. The molecule has 10 nitrogen and oxygen atoms in total. The van der Waals surface area contributed by atoms with Gasteiger partial charge >= 0.3 is 5.97 Å². The molecule has 0 saturated carbocycles. The lowest BCUT2D eigenvalue weighted by Gasteiger charge is -2.43. The van der Waals surface area contributed by atoms with Crippen molar-refractivity contribution < 1.29 is 33.8 Å². The Bertz CT molecular complexity index is 1980. The van der Waals surface area contributed by atoms with Gasteiger partial charge in [0.25, 0.3) is 5.91 Å². The highest BCUT2D eigenvalue weighted by atomic mass is 32.1. The minimum Gasteiger partial charge on any atom is -0.508 e. The van der Waals surface area contributed by atoms with Gasteiger partial charge in [-0.3, -0.25) is 14.4 Å². The zero-order valence-corrected chi connectivity index (χ0v) is 34.3. The summed E-state index contributed by atoms with van der Waals surface area (Å²) in [6, 6.07) is 29.7. The quantitative estimate of drug-likeness (QED) is 0.161.